The lowest BCUT2D eigenvalue weighted by Crippen LogP contribution is -2.32. The first-order chi connectivity index (χ1) is 11.4. The molecule has 7 nitrogen and oxygen atoms in total. The minimum atomic E-state index is -0.329. The molecule has 0 aliphatic carbocycles. The molecule has 0 aliphatic rings. The summed E-state index contributed by atoms with van der Waals surface area (Å²) in [5.74, 6) is 0.769. The van der Waals surface area contributed by atoms with Crippen LogP contribution in [-0.2, 0) is 0 Å². The number of anilines is 1. The van der Waals surface area contributed by atoms with E-state index in [1.165, 1.54) is 0 Å². The molecule has 8 heteroatoms. The Morgan fingerprint density at radius 2 is 2.00 bits per heavy atom. The first kappa shape index (κ1) is 22.0. The maximum atomic E-state index is 10.8. The first-order valence-electron chi connectivity index (χ1n) is 7.76. The second-order valence-corrected chi connectivity index (χ2v) is 5.62. The van der Waals surface area contributed by atoms with Crippen molar-refractivity contribution in [2.45, 2.75) is 20.8 Å². The van der Waals surface area contributed by atoms with Crippen LogP contribution in [0.3, 0.4) is 0 Å². The molecule has 24 heavy (non-hydrogen) atoms. The van der Waals surface area contributed by atoms with Crippen molar-refractivity contribution in [3.8, 4) is 0 Å². The number of aromatic nitrogens is 2. The Morgan fingerprint density at radius 3 is 2.50 bits per heavy atom. The van der Waals surface area contributed by atoms with Gasteiger partial charge in [0, 0.05) is 49.0 Å². The molecule has 1 rings (SSSR count). The normalized spacial score (nSPS) is 11.4. The Kier molecular flexibility index (Phi) is 11.4. The van der Waals surface area contributed by atoms with Gasteiger partial charge in [-0.25, -0.2) is 4.98 Å². The summed E-state index contributed by atoms with van der Waals surface area (Å²) >= 11 is 3.36. The number of allylic oxidation sites excluding steroid dienone is 3. The molecular weight excluding hydrogens is 374 g/mol. The number of hydrogen-bond donors (Lipinski definition) is 0. The van der Waals surface area contributed by atoms with E-state index in [0.717, 1.165) is 10.3 Å². The highest BCUT2D eigenvalue weighted by Gasteiger charge is 2.12. The minimum Gasteiger partial charge on any atom is -0.371 e. The fourth-order valence-corrected chi connectivity index (χ4v) is 1.96. The summed E-state index contributed by atoms with van der Waals surface area (Å²) < 4.78 is 0.818. The van der Waals surface area contributed by atoms with E-state index in [0.29, 0.717) is 18.8 Å². The summed E-state index contributed by atoms with van der Waals surface area (Å²) in [5.41, 5.74) is 0.641. The van der Waals surface area contributed by atoms with E-state index < -0.39 is 0 Å². The highest BCUT2D eigenvalue weighted by atomic mass is 79.9. The lowest BCUT2D eigenvalue weighted by Gasteiger charge is -2.24. The third-order valence-corrected chi connectivity index (χ3v) is 3.76. The van der Waals surface area contributed by atoms with E-state index in [1.807, 2.05) is 50.7 Å². The van der Waals surface area contributed by atoms with Gasteiger partial charge in [-0.3, -0.25) is 15.1 Å². The predicted molar refractivity (Wildman–Crippen MR) is 102 cm³/mol. The average Bonchev–Trinajstić information content (AvgIpc) is 2.60. The minimum absolute atomic E-state index is 0.214. The Hall–Kier alpha value is -1.96. The van der Waals surface area contributed by atoms with E-state index in [-0.39, 0.29) is 11.5 Å². The molecule has 134 valence electrons. The van der Waals surface area contributed by atoms with Gasteiger partial charge in [-0.05, 0) is 13.0 Å². The number of nitro groups is 1. The maximum absolute atomic E-state index is 10.8. The quantitative estimate of drug-likeness (QED) is 0.379. The summed E-state index contributed by atoms with van der Waals surface area (Å²) in [6, 6.07) is 0. The van der Waals surface area contributed by atoms with Crippen molar-refractivity contribution >= 4 is 21.7 Å². The highest BCUT2D eigenvalue weighted by molar-refractivity contribution is 9.11. The van der Waals surface area contributed by atoms with Crippen LogP contribution >= 0.6 is 15.9 Å². The molecule has 0 N–H and O–H groups in total. The van der Waals surface area contributed by atoms with Gasteiger partial charge in [0.25, 0.3) is 0 Å². The van der Waals surface area contributed by atoms with Crippen molar-refractivity contribution in [3.63, 3.8) is 0 Å². The topological polar surface area (TPSA) is 75.4 Å². The zero-order valence-electron chi connectivity index (χ0n) is 14.9. The van der Waals surface area contributed by atoms with Gasteiger partial charge in [0.1, 0.15) is 5.82 Å². The van der Waals surface area contributed by atoms with Gasteiger partial charge in [-0.1, -0.05) is 35.9 Å². The lowest BCUT2D eigenvalue weighted by atomic mass is 10.3. The number of halogens is 1. The third kappa shape index (κ3) is 8.61. The Bertz CT molecular complexity index is 549. The largest absolute Gasteiger partial charge is 0.371 e. The van der Waals surface area contributed by atoms with Crippen LogP contribution in [0.1, 0.15) is 20.8 Å². The van der Waals surface area contributed by atoms with Gasteiger partial charge in [0.15, 0.2) is 0 Å². The van der Waals surface area contributed by atoms with Gasteiger partial charge < -0.3 is 9.80 Å². The van der Waals surface area contributed by atoms with Gasteiger partial charge >= 0.3 is 0 Å². The van der Waals surface area contributed by atoms with Crippen molar-refractivity contribution in [1.29, 1.82) is 0 Å². The molecule has 0 atom stereocenters. The molecule has 0 saturated carbocycles. The Labute approximate surface area is 152 Å². The van der Waals surface area contributed by atoms with Gasteiger partial charge in [0.2, 0.25) is 6.54 Å². The van der Waals surface area contributed by atoms with E-state index in [4.69, 9.17) is 0 Å². The van der Waals surface area contributed by atoms with E-state index in [1.54, 1.807) is 24.7 Å². The van der Waals surface area contributed by atoms with Crippen LogP contribution in [-0.4, -0.2) is 53.5 Å². The van der Waals surface area contributed by atoms with Crippen LogP contribution in [0.25, 0.3) is 0 Å². The molecule has 0 radical (unpaired) electrons. The van der Waals surface area contributed by atoms with Crippen molar-refractivity contribution in [1.82, 2.24) is 14.9 Å². The Balaban J connectivity index is 0.00000254. The molecule has 0 bridgehead atoms. The zero-order chi connectivity index (χ0) is 18.5. The highest BCUT2D eigenvalue weighted by Crippen LogP contribution is 2.13. The SMILES string of the molecule is C/C=C(Br)\C=C(/C[N+](=O)[O-])N(C)CCN(C)c1cnccn1.CC. The summed E-state index contributed by atoms with van der Waals surface area (Å²) in [4.78, 5) is 22.6. The molecule has 0 amide bonds. The van der Waals surface area contributed by atoms with Crippen LogP contribution in [0.15, 0.2) is 40.9 Å². The second kappa shape index (κ2) is 12.5. The number of rotatable bonds is 8. The zero-order valence-corrected chi connectivity index (χ0v) is 16.5. The first-order valence-corrected chi connectivity index (χ1v) is 8.55. The van der Waals surface area contributed by atoms with Gasteiger partial charge in [-0.2, -0.15) is 0 Å². The van der Waals surface area contributed by atoms with Crippen molar-refractivity contribution in [2.75, 3.05) is 38.6 Å². The maximum Gasteiger partial charge on any atom is 0.243 e. The Morgan fingerprint density at radius 1 is 1.33 bits per heavy atom. The van der Waals surface area contributed by atoms with Crippen molar-refractivity contribution in [3.05, 3.63) is 51.0 Å². The van der Waals surface area contributed by atoms with Crippen molar-refractivity contribution < 1.29 is 4.92 Å². The smallest absolute Gasteiger partial charge is 0.243 e. The van der Waals surface area contributed by atoms with E-state index in [2.05, 4.69) is 25.9 Å². The molecule has 0 unspecified atom stereocenters. The molecular formula is C16H26BrN5O2. The molecule has 0 aliphatic heterocycles. The summed E-state index contributed by atoms with van der Waals surface area (Å²) in [6.45, 7) is 6.97. The van der Waals surface area contributed by atoms with E-state index >= 15 is 0 Å². The number of likely N-dealkylation sites (N-methyl/N-ethyl adjacent to an activating group) is 2. The fraction of sp³-hybridized carbons (Fsp3) is 0.500. The summed E-state index contributed by atoms with van der Waals surface area (Å²) in [7, 11) is 3.76. The van der Waals surface area contributed by atoms with Crippen LogP contribution in [0, 0.1) is 10.1 Å². The van der Waals surface area contributed by atoms with Crippen LogP contribution in [0.2, 0.25) is 0 Å². The lowest BCUT2D eigenvalue weighted by molar-refractivity contribution is -0.473. The molecule has 1 heterocycles. The average molecular weight is 400 g/mol. The molecule has 0 saturated heterocycles. The molecule has 0 spiro atoms. The third-order valence-electron chi connectivity index (χ3n) is 3.07. The fourth-order valence-electron chi connectivity index (χ4n) is 1.70. The number of nitrogens with zero attached hydrogens (tertiary/aromatic N) is 5. The summed E-state index contributed by atoms with van der Waals surface area (Å²) in [6.07, 6.45) is 8.56. The summed E-state index contributed by atoms with van der Waals surface area (Å²) in [5, 5.41) is 10.8. The van der Waals surface area contributed by atoms with Crippen molar-refractivity contribution in [2.24, 2.45) is 0 Å². The molecule has 1 aromatic heterocycles. The van der Waals surface area contributed by atoms with Gasteiger partial charge in [0.05, 0.1) is 11.9 Å². The van der Waals surface area contributed by atoms with Gasteiger partial charge in [-0.15, -0.1) is 0 Å². The molecule has 1 aromatic rings. The molecule has 0 aromatic carbocycles. The van der Waals surface area contributed by atoms with Crippen LogP contribution in [0.4, 0.5) is 5.82 Å². The monoisotopic (exact) mass is 399 g/mol. The van der Waals surface area contributed by atoms with E-state index in [9.17, 15) is 10.1 Å². The molecule has 0 fully saturated rings. The second-order valence-electron chi connectivity index (χ2n) is 4.71. The standard InChI is InChI=1S/C14H20BrN5O2.C2H6/c1-4-12(15)9-13(11-20(21)22)18(2)7-8-19(3)14-10-16-5-6-17-14;1-2/h4-6,9-10H,7-8,11H2,1-3H3;1-2H3/b12-4+,13-9+;. The predicted octanol–water partition coefficient (Wildman–Crippen LogP) is 3.33. The van der Waals surface area contributed by atoms with Crippen LogP contribution < -0.4 is 4.90 Å². The number of hydrogen-bond acceptors (Lipinski definition) is 6. The van der Waals surface area contributed by atoms with Crippen LogP contribution in [0.5, 0.6) is 0 Å².